The summed E-state index contributed by atoms with van der Waals surface area (Å²) in [5, 5.41) is 17.1. The number of aromatic nitrogens is 4. The van der Waals surface area contributed by atoms with Crippen LogP contribution in [-0.4, -0.2) is 38.2 Å². The third-order valence-electron chi connectivity index (χ3n) is 4.02. The Labute approximate surface area is 145 Å². The highest BCUT2D eigenvalue weighted by molar-refractivity contribution is 5.97. The third kappa shape index (κ3) is 3.93. The summed E-state index contributed by atoms with van der Waals surface area (Å²) < 4.78 is 1.81. The smallest absolute Gasteiger partial charge is 0.312 e. The summed E-state index contributed by atoms with van der Waals surface area (Å²) >= 11 is 0. The molecule has 1 aliphatic carbocycles. The van der Waals surface area contributed by atoms with Gasteiger partial charge in [0, 0.05) is 11.3 Å². The number of nitrogens with zero attached hydrogens (tertiary/aromatic N) is 4. The van der Waals surface area contributed by atoms with E-state index in [0.29, 0.717) is 17.6 Å². The molecule has 9 nitrogen and oxygen atoms in total. The van der Waals surface area contributed by atoms with Crippen molar-refractivity contribution >= 4 is 17.6 Å². The number of hydrogen-bond acceptors (Lipinski definition) is 5. The molecule has 1 aromatic heterocycles. The minimum absolute atomic E-state index is 0.0992. The lowest BCUT2D eigenvalue weighted by molar-refractivity contribution is -0.118. The number of nitrogens with two attached hydrogens (primary N) is 1. The van der Waals surface area contributed by atoms with Crippen molar-refractivity contribution in [2.75, 3.05) is 5.32 Å². The molecule has 4 N–H and O–H groups in total. The van der Waals surface area contributed by atoms with E-state index in [-0.39, 0.29) is 11.8 Å². The predicted octanol–water partition coefficient (Wildman–Crippen LogP) is 1.31. The standard InChI is InChI=1S/C16H21N7O2/c1-9(2)13(19-16(17)25)15(24)18-11-5-3-4-10(8-11)14-20-21-22-23(14)12-6-7-12/h3-5,8-9,12-13H,6-7H2,1-2H3,(H,18,24)(H3,17,19,25)/t13-/m1/s1. The second kappa shape index (κ2) is 6.88. The number of carbonyl (C=O) groups excluding carboxylic acids is 2. The molecule has 0 bridgehead atoms. The van der Waals surface area contributed by atoms with Gasteiger partial charge in [-0.15, -0.1) is 5.10 Å². The summed E-state index contributed by atoms with van der Waals surface area (Å²) in [4.78, 5) is 23.5. The number of nitrogens with one attached hydrogen (secondary N) is 2. The summed E-state index contributed by atoms with van der Waals surface area (Å²) in [5.74, 6) is 0.250. The van der Waals surface area contributed by atoms with Crippen molar-refractivity contribution < 1.29 is 9.59 Å². The zero-order chi connectivity index (χ0) is 18.0. The molecule has 1 aliphatic rings. The molecular weight excluding hydrogens is 322 g/mol. The molecule has 25 heavy (non-hydrogen) atoms. The fraction of sp³-hybridized carbons (Fsp3) is 0.438. The number of carbonyl (C=O) groups is 2. The van der Waals surface area contributed by atoms with Crippen LogP contribution in [0.5, 0.6) is 0 Å². The maximum absolute atomic E-state index is 12.4. The molecule has 3 amide bonds. The molecule has 3 rings (SSSR count). The lowest BCUT2D eigenvalue weighted by Gasteiger charge is -2.20. The van der Waals surface area contributed by atoms with Crippen LogP contribution in [-0.2, 0) is 4.79 Å². The number of urea groups is 1. The van der Waals surface area contributed by atoms with Crippen LogP contribution in [0.3, 0.4) is 0 Å². The third-order valence-corrected chi connectivity index (χ3v) is 4.02. The monoisotopic (exact) mass is 343 g/mol. The van der Waals surface area contributed by atoms with Gasteiger partial charge in [0.15, 0.2) is 5.82 Å². The number of anilines is 1. The summed E-state index contributed by atoms with van der Waals surface area (Å²) in [6.45, 7) is 3.67. The molecule has 1 saturated carbocycles. The Bertz CT molecular complexity index is 782. The fourth-order valence-corrected chi connectivity index (χ4v) is 2.59. The Morgan fingerprint density at radius 1 is 1.32 bits per heavy atom. The Kier molecular flexibility index (Phi) is 4.64. The van der Waals surface area contributed by atoms with E-state index in [1.54, 1.807) is 6.07 Å². The molecule has 132 valence electrons. The van der Waals surface area contributed by atoms with Crippen LogP contribution in [0.2, 0.25) is 0 Å². The highest BCUT2D eigenvalue weighted by Crippen LogP contribution is 2.36. The first-order valence-electron chi connectivity index (χ1n) is 8.21. The maximum Gasteiger partial charge on any atom is 0.312 e. The van der Waals surface area contributed by atoms with Gasteiger partial charge in [-0.3, -0.25) is 4.79 Å². The van der Waals surface area contributed by atoms with Crippen molar-refractivity contribution in [3.8, 4) is 11.4 Å². The maximum atomic E-state index is 12.4. The molecule has 9 heteroatoms. The van der Waals surface area contributed by atoms with E-state index in [1.165, 1.54) is 0 Å². The van der Waals surface area contributed by atoms with Crippen molar-refractivity contribution in [1.82, 2.24) is 25.5 Å². The van der Waals surface area contributed by atoms with Gasteiger partial charge in [-0.25, -0.2) is 9.48 Å². The number of primary amides is 1. The van der Waals surface area contributed by atoms with Crippen molar-refractivity contribution in [3.63, 3.8) is 0 Å². The average molecular weight is 343 g/mol. The molecule has 0 spiro atoms. The van der Waals surface area contributed by atoms with Crippen LogP contribution < -0.4 is 16.4 Å². The highest BCUT2D eigenvalue weighted by Gasteiger charge is 2.28. The molecular formula is C16H21N7O2. The van der Waals surface area contributed by atoms with Crippen molar-refractivity contribution in [3.05, 3.63) is 24.3 Å². The highest BCUT2D eigenvalue weighted by atomic mass is 16.2. The summed E-state index contributed by atoms with van der Waals surface area (Å²) in [7, 11) is 0. The van der Waals surface area contributed by atoms with Crippen LogP contribution >= 0.6 is 0 Å². The molecule has 0 aliphatic heterocycles. The molecule has 0 saturated heterocycles. The van der Waals surface area contributed by atoms with Gasteiger partial charge in [-0.05, 0) is 41.3 Å². The Balaban J connectivity index is 1.78. The molecule has 1 fully saturated rings. The summed E-state index contributed by atoms with van der Waals surface area (Å²) in [6, 6.07) is 6.21. The second-order valence-corrected chi connectivity index (χ2v) is 6.48. The predicted molar refractivity (Wildman–Crippen MR) is 91.5 cm³/mol. The minimum atomic E-state index is -0.730. The van der Waals surface area contributed by atoms with Crippen LogP contribution in [0.1, 0.15) is 32.7 Å². The minimum Gasteiger partial charge on any atom is -0.352 e. The van der Waals surface area contributed by atoms with Gasteiger partial charge >= 0.3 is 6.03 Å². The van der Waals surface area contributed by atoms with Crippen LogP contribution in [0, 0.1) is 5.92 Å². The molecule has 2 aromatic rings. The van der Waals surface area contributed by atoms with Crippen LogP contribution in [0.15, 0.2) is 24.3 Å². The van der Waals surface area contributed by atoms with Crippen molar-refractivity contribution in [2.24, 2.45) is 11.7 Å². The van der Waals surface area contributed by atoms with Gasteiger partial charge in [0.05, 0.1) is 6.04 Å². The molecule has 0 radical (unpaired) electrons. The van der Waals surface area contributed by atoms with Crippen LogP contribution in [0.25, 0.3) is 11.4 Å². The first kappa shape index (κ1) is 16.9. The molecule has 1 aromatic carbocycles. The topological polar surface area (TPSA) is 128 Å². The zero-order valence-corrected chi connectivity index (χ0v) is 14.1. The lowest BCUT2D eigenvalue weighted by atomic mass is 10.0. The molecule has 1 atom stereocenters. The second-order valence-electron chi connectivity index (χ2n) is 6.48. The van der Waals surface area contributed by atoms with Gasteiger partial charge in [-0.1, -0.05) is 26.0 Å². The van der Waals surface area contributed by atoms with E-state index in [2.05, 4.69) is 26.2 Å². The van der Waals surface area contributed by atoms with E-state index < -0.39 is 12.1 Å². The SMILES string of the molecule is CC(C)[C@@H](NC(N)=O)C(=O)Nc1cccc(-c2nnnn2C2CC2)c1. The Hall–Kier alpha value is -2.97. The zero-order valence-electron chi connectivity index (χ0n) is 14.1. The largest absolute Gasteiger partial charge is 0.352 e. The Morgan fingerprint density at radius 2 is 2.08 bits per heavy atom. The van der Waals surface area contributed by atoms with E-state index >= 15 is 0 Å². The fourth-order valence-electron chi connectivity index (χ4n) is 2.59. The number of tetrazole rings is 1. The lowest BCUT2D eigenvalue weighted by Crippen LogP contribution is -2.49. The number of hydrogen-bond donors (Lipinski definition) is 3. The summed E-state index contributed by atoms with van der Waals surface area (Å²) in [5.41, 5.74) is 6.57. The van der Waals surface area contributed by atoms with Crippen molar-refractivity contribution in [1.29, 1.82) is 0 Å². The van der Waals surface area contributed by atoms with Gasteiger partial charge in [0.1, 0.15) is 6.04 Å². The van der Waals surface area contributed by atoms with Gasteiger partial charge < -0.3 is 16.4 Å². The van der Waals surface area contributed by atoms with Crippen molar-refractivity contribution in [2.45, 2.75) is 38.8 Å². The quantitative estimate of drug-likeness (QED) is 0.728. The molecule has 1 heterocycles. The summed E-state index contributed by atoms with van der Waals surface area (Å²) in [6.07, 6.45) is 2.15. The van der Waals surface area contributed by atoms with Gasteiger partial charge in [-0.2, -0.15) is 0 Å². The normalized spacial score (nSPS) is 15.0. The Morgan fingerprint density at radius 3 is 2.72 bits per heavy atom. The number of amides is 3. The van der Waals surface area contributed by atoms with E-state index in [1.807, 2.05) is 36.7 Å². The number of rotatable bonds is 6. The first-order valence-corrected chi connectivity index (χ1v) is 8.21. The van der Waals surface area contributed by atoms with E-state index in [4.69, 9.17) is 5.73 Å². The van der Waals surface area contributed by atoms with E-state index in [0.717, 1.165) is 18.4 Å². The van der Waals surface area contributed by atoms with Crippen LogP contribution in [0.4, 0.5) is 10.5 Å². The molecule has 0 unspecified atom stereocenters. The average Bonchev–Trinajstić information content (AvgIpc) is 3.29. The number of benzene rings is 1. The van der Waals surface area contributed by atoms with Gasteiger partial charge in [0.2, 0.25) is 5.91 Å². The van der Waals surface area contributed by atoms with E-state index in [9.17, 15) is 9.59 Å². The van der Waals surface area contributed by atoms with Gasteiger partial charge in [0.25, 0.3) is 0 Å². The first-order chi connectivity index (χ1) is 12.0.